The molecule has 2 heteroatoms. The largest absolute Gasteiger partial charge is 0.507 e. The molecule has 1 aliphatic carbocycles. The Morgan fingerprint density at radius 1 is 1.25 bits per heavy atom. The van der Waals surface area contributed by atoms with Crippen LogP contribution in [0.1, 0.15) is 18.1 Å². The lowest BCUT2D eigenvalue weighted by molar-refractivity contribution is 0.413. The fraction of sp³-hybridized carbons (Fsp3) is 0.200. The number of aliphatic hydroxyl groups is 1. The van der Waals surface area contributed by atoms with Gasteiger partial charge in [0.05, 0.1) is 7.11 Å². The summed E-state index contributed by atoms with van der Waals surface area (Å²) in [7, 11) is 1.62. The van der Waals surface area contributed by atoms with E-state index in [0.29, 0.717) is 5.76 Å². The van der Waals surface area contributed by atoms with Crippen molar-refractivity contribution in [3.8, 4) is 5.75 Å². The molecular formula is C10H10O2. The van der Waals surface area contributed by atoms with E-state index in [1.807, 2.05) is 25.1 Å². The molecule has 12 heavy (non-hydrogen) atoms. The average Bonchev–Trinajstić information content (AvgIpc) is 2.15. The first-order valence-electron chi connectivity index (χ1n) is 3.82. The second-order valence-corrected chi connectivity index (χ2v) is 2.89. The van der Waals surface area contributed by atoms with E-state index in [-0.39, 0.29) is 0 Å². The lowest BCUT2D eigenvalue weighted by atomic mass is 9.87. The zero-order valence-corrected chi connectivity index (χ0v) is 7.09. The SMILES string of the molecule is COc1ccc2c(c1)C(O)=C2C. The second-order valence-electron chi connectivity index (χ2n) is 2.89. The first-order valence-corrected chi connectivity index (χ1v) is 3.82. The van der Waals surface area contributed by atoms with Crippen LogP contribution in [0.15, 0.2) is 18.2 Å². The molecule has 0 radical (unpaired) electrons. The monoisotopic (exact) mass is 162 g/mol. The van der Waals surface area contributed by atoms with Crippen LogP contribution in [-0.2, 0) is 0 Å². The van der Waals surface area contributed by atoms with Crippen molar-refractivity contribution < 1.29 is 9.84 Å². The molecule has 1 N–H and O–H groups in total. The van der Waals surface area contributed by atoms with Crippen molar-refractivity contribution in [3.05, 3.63) is 29.3 Å². The van der Waals surface area contributed by atoms with Crippen LogP contribution < -0.4 is 4.74 Å². The number of fused-ring (bicyclic) bond motifs is 1. The van der Waals surface area contributed by atoms with Gasteiger partial charge in [0.25, 0.3) is 0 Å². The maximum Gasteiger partial charge on any atom is 0.127 e. The highest BCUT2D eigenvalue weighted by atomic mass is 16.5. The van der Waals surface area contributed by atoms with Gasteiger partial charge in [0.1, 0.15) is 11.5 Å². The molecule has 2 rings (SSSR count). The predicted molar refractivity (Wildman–Crippen MR) is 48.1 cm³/mol. The summed E-state index contributed by atoms with van der Waals surface area (Å²) in [6.07, 6.45) is 0. The fourth-order valence-electron chi connectivity index (χ4n) is 1.44. The smallest absolute Gasteiger partial charge is 0.127 e. The quantitative estimate of drug-likeness (QED) is 0.687. The zero-order valence-electron chi connectivity index (χ0n) is 7.09. The highest BCUT2D eigenvalue weighted by Gasteiger charge is 2.21. The van der Waals surface area contributed by atoms with Crippen LogP contribution in [0.25, 0.3) is 11.3 Å². The third-order valence-electron chi connectivity index (χ3n) is 2.24. The van der Waals surface area contributed by atoms with Gasteiger partial charge in [-0.2, -0.15) is 0 Å². The highest BCUT2D eigenvalue weighted by molar-refractivity contribution is 5.99. The van der Waals surface area contributed by atoms with Crippen molar-refractivity contribution in [2.75, 3.05) is 7.11 Å². The molecule has 0 fully saturated rings. The summed E-state index contributed by atoms with van der Waals surface area (Å²) in [5, 5.41) is 9.41. The first kappa shape index (κ1) is 7.22. The molecule has 0 heterocycles. The van der Waals surface area contributed by atoms with Crippen LogP contribution in [0.2, 0.25) is 0 Å². The van der Waals surface area contributed by atoms with E-state index in [9.17, 15) is 5.11 Å². The van der Waals surface area contributed by atoms with E-state index in [4.69, 9.17) is 4.74 Å². The van der Waals surface area contributed by atoms with E-state index in [1.165, 1.54) is 0 Å². The number of hydrogen-bond acceptors (Lipinski definition) is 2. The molecule has 2 nitrogen and oxygen atoms in total. The normalized spacial score (nSPS) is 13.8. The minimum Gasteiger partial charge on any atom is -0.507 e. The summed E-state index contributed by atoms with van der Waals surface area (Å²) < 4.78 is 5.03. The van der Waals surface area contributed by atoms with Crippen LogP contribution >= 0.6 is 0 Å². The Bertz CT molecular complexity index is 364. The van der Waals surface area contributed by atoms with E-state index < -0.39 is 0 Å². The van der Waals surface area contributed by atoms with Crippen LogP contribution in [0, 0.1) is 0 Å². The van der Waals surface area contributed by atoms with Crippen LogP contribution in [0.3, 0.4) is 0 Å². The summed E-state index contributed by atoms with van der Waals surface area (Å²) in [6.45, 7) is 1.91. The summed E-state index contributed by atoms with van der Waals surface area (Å²) in [4.78, 5) is 0. The maximum atomic E-state index is 9.41. The molecule has 62 valence electrons. The van der Waals surface area contributed by atoms with Gasteiger partial charge in [0, 0.05) is 5.56 Å². The van der Waals surface area contributed by atoms with Gasteiger partial charge in [-0.25, -0.2) is 0 Å². The molecule has 0 amide bonds. The molecule has 0 atom stereocenters. The summed E-state index contributed by atoms with van der Waals surface area (Å²) >= 11 is 0. The Kier molecular flexibility index (Phi) is 1.37. The molecule has 0 spiro atoms. The molecule has 1 aromatic carbocycles. The standard InChI is InChI=1S/C10H10O2/c1-6-8-4-3-7(12-2)5-9(8)10(6)11/h3-5,11H,1-2H3. The topological polar surface area (TPSA) is 29.5 Å². The summed E-state index contributed by atoms with van der Waals surface area (Å²) in [5.41, 5.74) is 2.98. The van der Waals surface area contributed by atoms with Gasteiger partial charge in [0.2, 0.25) is 0 Å². The maximum absolute atomic E-state index is 9.41. The van der Waals surface area contributed by atoms with Gasteiger partial charge in [-0.15, -0.1) is 0 Å². The molecule has 0 aromatic heterocycles. The summed E-state index contributed by atoms with van der Waals surface area (Å²) in [6, 6.07) is 5.70. The van der Waals surface area contributed by atoms with Gasteiger partial charge in [-0.05, 0) is 30.2 Å². The van der Waals surface area contributed by atoms with E-state index in [0.717, 1.165) is 22.4 Å². The van der Waals surface area contributed by atoms with E-state index in [2.05, 4.69) is 0 Å². The average molecular weight is 162 g/mol. The Morgan fingerprint density at radius 2 is 2.00 bits per heavy atom. The Morgan fingerprint density at radius 3 is 2.67 bits per heavy atom. The van der Waals surface area contributed by atoms with E-state index in [1.54, 1.807) is 7.11 Å². The molecule has 0 aliphatic heterocycles. The Hall–Kier alpha value is -1.44. The minimum atomic E-state index is 0.393. The molecule has 0 bridgehead atoms. The second kappa shape index (κ2) is 2.27. The van der Waals surface area contributed by atoms with Crippen LogP contribution in [0.4, 0.5) is 0 Å². The molecule has 0 unspecified atom stereocenters. The number of aliphatic hydroxyl groups excluding tert-OH is 1. The van der Waals surface area contributed by atoms with Crippen molar-refractivity contribution in [1.29, 1.82) is 0 Å². The Balaban J connectivity index is 2.49. The highest BCUT2D eigenvalue weighted by Crippen LogP contribution is 2.39. The van der Waals surface area contributed by atoms with E-state index >= 15 is 0 Å². The van der Waals surface area contributed by atoms with Gasteiger partial charge >= 0.3 is 0 Å². The van der Waals surface area contributed by atoms with Gasteiger partial charge in [-0.1, -0.05) is 6.07 Å². The van der Waals surface area contributed by atoms with Gasteiger partial charge in [0.15, 0.2) is 0 Å². The number of ether oxygens (including phenoxy) is 1. The molecule has 0 saturated heterocycles. The minimum absolute atomic E-state index is 0.393. The molecule has 1 aliphatic rings. The molecular weight excluding hydrogens is 152 g/mol. The number of benzene rings is 1. The number of methoxy groups -OCH3 is 1. The first-order chi connectivity index (χ1) is 5.74. The van der Waals surface area contributed by atoms with Crippen molar-refractivity contribution in [2.45, 2.75) is 6.92 Å². The fourth-order valence-corrected chi connectivity index (χ4v) is 1.44. The van der Waals surface area contributed by atoms with Gasteiger partial charge < -0.3 is 9.84 Å². The van der Waals surface area contributed by atoms with Gasteiger partial charge in [-0.3, -0.25) is 0 Å². The lowest BCUT2D eigenvalue weighted by Crippen LogP contribution is -2.03. The number of hydrogen-bond donors (Lipinski definition) is 1. The van der Waals surface area contributed by atoms with Crippen molar-refractivity contribution in [3.63, 3.8) is 0 Å². The zero-order chi connectivity index (χ0) is 8.72. The van der Waals surface area contributed by atoms with Crippen molar-refractivity contribution in [2.24, 2.45) is 0 Å². The van der Waals surface area contributed by atoms with Crippen LogP contribution in [0.5, 0.6) is 5.75 Å². The molecule has 1 aromatic rings. The predicted octanol–water partition coefficient (Wildman–Crippen LogP) is 2.45. The summed E-state index contributed by atoms with van der Waals surface area (Å²) in [5.74, 6) is 1.18. The number of rotatable bonds is 1. The Labute approximate surface area is 71.1 Å². The third-order valence-corrected chi connectivity index (χ3v) is 2.24. The van der Waals surface area contributed by atoms with Crippen molar-refractivity contribution in [1.82, 2.24) is 0 Å². The number of allylic oxidation sites excluding steroid dienone is 1. The molecule has 0 saturated carbocycles. The van der Waals surface area contributed by atoms with Crippen LogP contribution in [-0.4, -0.2) is 12.2 Å². The van der Waals surface area contributed by atoms with Crippen molar-refractivity contribution >= 4 is 11.3 Å². The third kappa shape index (κ3) is 0.749. The lowest BCUT2D eigenvalue weighted by Gasteiger charge is -2.21.